The van der Waals surface area contributed by atoms with Gasteiger partial charge in [0.05, 0.1) is 6.61 Å². The van der Waals surface area contributed by atoms with Crippen LogP contribution in [0.2, 0.25) is 0 Å². The van der Waals surface area contributed by atoms with E-state index in [-0.39, 0.29) is 22.9 Å². The molecule has 148 valence electrons. The Morgan fingerprint density at radius 3 is 2.18 bits per heavy atom. The maximum Gasteiger partial charge on any atom is 0.354 e. The minimum absolute atomic E-state index is 0.0182. The zero-order valence-corrected chi connectivity index (χ0v) is 16.6. The summed E-state index contributed by atoms with van der Waals surface area (Å²) in [5.41, 5.74) is 1.47. The van der Waals surface area contributed by atoms with Crippen molar-refractivity contribution in [3.8, 4) is 5.75 Å². The first-order chi connectivity index (χ1) is 13.2. The van der Waals surface area contributed by atoms with E-state index in [1.165, 1.54) is 37.3 Å². The largest absolute Gasteiger partial charge is 0.461 e. The van der Waals surface area contributed by atoms with Gasteiger partial charge in [-0.25, -0.2) is 4.79 Å². The predicted molar refractivity (Wildman–Crippen MR) is 104 cm³/mol. The summed E-state index contributed by atoms with van der Waals surface area (Å²) in [5.74, 6) is -0.960. The molecule has 0 saturated carbocycles. The summed E-state index contributed by atoms with van der Waals surface area (Å²) in [7, 11) is -3.95. The molecule has 1 N–H and O–H groups in total. The zero-order valence-electron chi connectivity index (χ0n) is 15.8. The molecule has 0 radical (unpaired) electrons. The van der Waals surface area contributed by atoms with Crippen molar-refractivity contribution in [3.05, 3.63) is 65.4 Å². The van der Waals surface area contributed by atoms with E-state index in [2.05, 4.69) is 5.32 Å². The summed E-state index contributed by atoms with van der Waals surface area (Å²) in [6.07, 6.45) is 1.43. The van der Waals surface area contributed by atoms with E-state index in [4.69, 9.17) is 8.92 Å². The van der Waals surface area contributed by atoms with Gasteiger partial charge in [-0.3, -0.25) is 4.79 Å². The molecule has 2 aromatic rings. The highest BCUT2D eigenvalue weighted by molar-refractivity contribution is 7.87. The number of hydrogen-bond donors (Lipinski definition) is 1. The van der Waals surface area contributed by atoms with Gasteiger partial charge in [0.2, 0.25) is 5.91 Å². The Morgan fingerprint density at radius 1 is 1.04 bits per heavy atom. The Labute approximate surface area is 164 Å². The number of aryl methyl sites for hydroxylation is 1. The second-order valence-electron chi connectivity index (χ2n) is 5.88. The molecular weight excluding hydrogens is 382 g/mol. The Kier molecular flexibility index (Phi) is 6.94. The highest BCUT2D eigenvalue weighted by Crippen LogP contribution is 2.20. The maximum absolute atomic E-state index is 12.3. The van der Waals surface area contributed by atoms with Crippen LogP contribution >= 0.6 is 0 Å². The summed E-state index contributed by atoms with van der Waals surface area (Å²) >= 11 is 0. The number of esters is 1. The van der Waals surface area contributed by atoms with Gasteiger partial charge in [-0.05, 0) is 49.8 Å². The van der Waals surface area contributed by atoms with E-state index >= 15 is 0 Å². The summed E-state index contributed by atoms with van der Waals surface area (Å²) in [5, 5.41) is 2.41. The first-order valence-corrected chi connectivity index (χ1v) is 9.89. The molecule has 0 aliphatic heterocycles. The van der Waals surface area contributed by atoms with Crippen molar-refractivity contribution >= 4 is 28.1 Å². The van der Waals surface area contributed by atoms with Gasteiger partial charge in [-0.2, -0.15) is 8.42 Å². The average molecular weight is 403 g/mol. The van der Waals surface area contributed by atoms with Crippen molar-refractivity contribution in [3.63, 3.8) is 0 Å². The molecular formula is C20H21NO6S. The monoisotopic (exact) mass is 403 g/mol. The van der Waals surface area contributed by atoms with Crippen LogP contribution in [-0.2, 0) is 24.4 Å². The third kappa shape index (κ3) is 5.95. The van der Waals surface area contributed by atoms with E-state index in [0.29, 0.717) is 5.56 Å². The Balaban J connectivity index is 2.20. The van der Waals surface area contributed by atoms with Gasteiger partial charge in [-0.1, -0.05) is 29.8 Å². The second kappa shape index (κ2) is 9.18. The van der Waals surface area contributed by atoms with E-state index in [9.17, 15) is 18.0 Å². The normalized spacial score (nSPS) is 11.6. The highest BCUT2D eigenvalue weighted by atomic mass is 32.2. The van der Waals surface area contributed by atoms with Crippen molar-refractivity contribution in [2.45, 2.75) is 25.7 Å². The van der Waals surface area contributed by atoms with Crippen LogP contribution in [0.15, 0.2) is 59.1 Å². The van der Waals surface area contributed by atoms with Gasteiger partial charge >= 0.3 is 16.1 Å². The van der Waals surface area contributed by atoms with Gasteiger partial charge < -0.3 is 14.2 Å². The first kappa shape index (κ1) is 21.2. The molecule has 28 heavy (non-hydrogen) atoms. The third-order valence-corrected chi connectivity index (χ3v) is 4.77. The zero-order chi connectivity index (χ0) is 20.7. The molecule has 2 rings (SSSR count). The summed E-state index contributed by atoms with van der Waals surface area (Å²) in [6.45, 7) is 4.96. The minimum atomic E-state index is -3.95. The molecule has 0 fully saturated rings. The van der Waals surface area contributed by atoms with Crippen molar-refractivity contribution in [1.29, 1.82) is 0 Å². The number of benzene rings is 2. The van der Waals surface area contributed by atoms with E-state index in [0.717, 1.165) is 5.56 Å². The number of rotatable bonds is 7. The third-order valence-electron chi connectivity index (χ3n) is 3.51. The molecule has 0 spiro atoms. The lowest BCUT2D eigenvalue weighted by molar-refractivity contribution is -0.139. The quantitative estimate of drug-likeness (QED) is 0.434. The summed E-state index contributed by atoms with van der Waals surface area (Å²) in [6, 6.07) is 12.3. The van der Waals surface area contributed by atoms with Crippen molar-refractivity contribution in [2.75, 3.05) is 6.61 Å². The second-order valence-corrected chi connectivity index (χ2v) is 7.43. The Morgan fingerprint density at radius 2 is 1.64 bits per heavy atom. The van der Waals surface area contributed by atoms with E-state index in [1.807, 2.05) is 6.92 Å². The fraction of sp³-hybridized carbons (Fsp3) is 0.200. The topological polar surface area (TPSA) is 98.8 Å². The van der Waals surface area contributed by atoms with Crippen molar-refractivity contribution < 1.29 is 26.9 Å². The minimum Gasteiger partial charge on any atom is -0.461 e. The molecule has 7 nitrogen and oxygen atoms in total. The fourth-order valence-corrected chi connectivity index (χ4v) is 3.14. The molecule has 1 amide bonds. The number of amides is 1. The molecule has 2 aromatic carbocycles. The van der Waals surface area contributed by atoms with E-state index in [1.54, 1.807) is 31.2 Å². The number of nitrogens with one attached hydrogen (secondary N) is 1. The highest BCUT2D eigenvalue weighted by Gasteiger charge is 2.16. The predicted octanol–water partition coefficient (Wildman–Crippen LogP) is 2.80. The molecule has 0 bridgehead atoms. The van der Waals surface area contributed by atoms with Crippen LogP contribution in [0.1, 0.15) is 25.0 Å². The number of hydrogen-bond acceptors (Lipinski definition) is 6. The smallest absolute Gasteiger partial charge is 0.354 e. The lowest BCUT2D eigenvalue weighted by atomic mass is 10.2. The SMILES string of the molecule is CCOC(=O)/C(=C/c1ccc(OS(=O)(=O)c2ccc(C)cc2)cc1)NC(C)=O. The lowest BCUT2D eigenvalue weighted by Crippen LogP contribution is -2.26. The van der Waals surface area contributed by atoms with Crippen LogP contribution in [0.3, 0.4) is 0 Å². The van der Waals surface area contributed by atoms with Crippen LogP contribution in [0.4, 0.5) is 0 Å². The molecule has 0 aliphatic rings. The molecule has 0 atom stereocenters. The van der Waals surface area contributed by atoms with Gasteiger partial charge in [0.25, 0.3) is 0 Å². The molecule has 0 aliphatic carbocycles. The summed E-state index contributed by atoms with van der Waals surface area (Å²) in [4.78, 5) is 23.2. The molecule has 0 aromatic heterocycles. The van der Waals surface area contributed by atoms with Crippen LogP contribution in [-0.4, -0.2) is 26.9 Å². The van der Waals surface area contributed by atoms with Crippen molar-refractivity contribution in [2.24, 2.45) is 0 Å². The van der Waals surface area contributed by atoms with Crippen LogP contribution in [0.25, 0.3) is 6.08 Å². The number of carbonyl (C=O) groups is 2. The van der Waals surface area contributed by atoms with Gasteiger partial charge in [0.1, 0.15) is 16.3 Å². The maximum atomic E-state index is 12.3. The molecule has 0 unspecified atom stereocenters. The van der Waals surface area contributed by atoms with Crippen LogP contribution < -0.4 is 9.50 Å². The number of carbonyl (C=O) groups excluding carboxylic acids is 2. The van der Waals surface area contributed by atoms with Gasteiger partial charge in [0, 0.05) is 6.92 Å². The standard InChI is InChI=1S/C20H21NO6S/c1-4-26-20(23)19(21-15(3)22)13-16-7-9-17(10-8-16)27-28(24,25)18-11-5-14(2)6-12-18/h5-13H,4H2,1-3H3,(H,21,22)/b19-13-. The Bertz CT molecular complexity index is 976. The number of ether oxygens (including phenoxy) is 1. The van der Waals surface area contributed by atoms with Crippen LogP contribution in [0.5, 0.6) is 5.75 Å². The van der Waals surface area contributed by atoms with Crippen LogP contribution in [0, 0.1) is 6.92 Å². The van der Waals surface area contributed by atoms with Gasteiger partial charge in [-0.15, -0.1) is 0 Å². The van der Waals surface area contributed by atoms with Crippen molar-refractivity contribution in [1.82, 2.24) is 5.32 Å². The first-order valence-electron chi connectivity index (χ1n) is 8.49. The van der Waals surface area contributed by atoms with Gasteiger partial charge in [0.15, 0.2) is 0 Å². The molecule has 0 heterocycles. The lowest BCUT2D eigenvalue weighted by Gasteiger charge is -2.09. The molecule has 0 saturated heterocycles. The Hall–Kier alpha value is -3.13. The average Bonchev–Trinajstić information content (AvgIpc) is 2.62. The molecule has 8 heteroatoms. The summed E-state index contributed by atoms with van der Waals surface area (Å²) < 4.78 is 34.7. The fourth-order valence-electron chi connectivity index (χ4n) is 2.21. The van der Waals surface area contributed by atoms with E-state index < -0.39 is 22.0 Å².